The Kier molecular flexibility index (Phi) is 6.73. The standard InChI is InChI=1S/C27H25N3O4/c1-3-34-23-15-9-20(10-16-23)24-25(29-22-13-11-21(12-14-22)28-18(2)31)27(33)30(26(24)32)17-19-7-5-4-6-8-19/h4-16,29H,3,17H2,1-2H3,(H,28,31). The Labute approximate surface area is 198 Å². The summed E-state index contributed by atoms with van der Waals surface area (Å²) in [5.41, 5.74) is 3.24. The molecule has 0 saturated heterocycles. The van der Waals surface area contributed by atoms with Gasteiger partial charge in [0.2, 0.25) is 5.91 Å². The van der Waals surface area contributed by atoms with E-state index in [1.54, 1.807) is 48.5 Å². The SMILES string of the molecule is CCOc1ccc(C2=C(Nc3ccc(NC(C)=O)cc3)C(=O)N(Cc3ccccc3)C2=O)cc1. The Bertz CT molecular complexity index is 1230. The highest BCUT2D eigenvalue weighted by Gasteiger charge is 2.39. The molecule has 0 radical (unpaired) electrons. The fraction of sp³-hybridized carbons (Fsp3) is 0.148. The van der Waals surface area contributed by atoms with Crippen LogP contribution in [0.3, 0.4) is 0 Å². The number of nitrogens with zero attached hydrogens (tertiary/aromatic N) is 1. The van der Waals surface area contributed by atoms with Crippen LogP contribution in [0.2, 0.25) is 0 Å². The first-order valence-electron chi connectivity index (χ1n) is 11.0. The molecule has 7 nitrogen and oxygen atoms in total. The van der Waals surface area contributed by atoms with Gasteiger partial charge in [-0.15, -0.1) is 0 Å². The number of benzene rings is 3. The van der Waals surface area contributed by atoms with Gasteiger partial charge >= 0.3 is 0 Å². The van der Waals surface area contributed by atoms with Crippen molar-refractivity contribution in [1.82, 2.24) is 4.90 Å². The Morgan fingerprint density at radius 3 is 2.12 bits per heavy atom. The number of carbonyl (C=O) groups excluding carboxylic acids is 3. The van der Waals surface area contributed by atoms with Crippen molar-refractivity contribution in [3.05, 3.63) is 95.7 Å². The maximum absolute atomic E-state index is 13.4. The molecule has 0 bridgehead atoms. The monoisotopic (exact) mass is 455 g/mol. The summed E-state index contributed by atoms with van der Waals surface area (Å²) in [6, 6.07) is 23.4. The molecule has 34 heavy (non-hydrogen) atoms. The largest absolute Gasteiger partial charge is 0.494 e. The molecule has 1 aliphatic heterocycles. The molecule has 0 spiro atoms. The van der Waals surface area contributed by atoms with Crippen LogP contribution in [-0.2, 0) is 20.9 Å². The van der Waals surface area contributed by atoms with Crippen LogP contribution in [0, 0.1) is 0 Å². The van der Waals surface area contributed by atoms with Crippen LogP contribution in [0.25, 0.3) is 5.57 Å². The molecular weight excluding hydrogens is 430 g/mol. The molecule has 172 valence electrons. The first kappa shape index (κ1) is 22.8. The molecule has 0 aromatic heterocycles. The molecule has 2 N–H and O–H groups in total. The Morgan fingerprint density at radius 2 is 1.50 bits per heavy atom. The zero-order valence-corrected chi connectivity index (χ0v) is 19.0. The second-order valence-corrected chi connectivity index (χ2v) is 7.77. The minimum absolute atomic E-state index is 0.172. The van der Waals surface area contributed by atoms with Gasteiger partial charge in [0.15, 0.2) is 0 Å². The van der Waals surface area contributed by atoms with Gasteiger partial charge in [0.25, 0.3) is 11.8 Å². The van der Waals surface area contributed by atoms with E-state index in [0.717, 1.165) is 5.56 Å². The van der Waals surface area contributed by atoms with Gasteiger partial charge in [0, 0.05) is 18.3 Å². The van der Waals surface area contributed by atoms with E-state index in [-0.39, 0.29) is 24.1 Å². The van der Waals surface area contributed by atoms with Gasteiger partial charge in [-0.1, -0.05) is 42.5 Å². The molecule has 3 aromatic carbocycles. The zero-order chi connectivity index (χ0) is 24.1. The van der Waals surface area contributed by atoms with Crippen LogP contribution >= 0.6 is 0 Å². The van der Waals surface area contributed by atoms with Crippen molar-refractivity contribution < 1.29 is 19.1 Å². The maximum Gasteiger partial charge on any atom is 0.278 e. The number of rotatable bonds is 8. The van der Waals surface area contributed by atoms with Gasteiger partial charge in [0.1, 0.15) is 11.4 Å². The van der Waals surface area contributed by atoms with Crippen molar-refractivity contribution in [3.63, 3.8) is 0 Å². The number of anilines is 2. The lowest BCUT2D eigenvalue weighted by Gasteiger charge is -2.15. The smallest absolute Gasteiger partial charge is 0.278 e. The fourth-order valence-electron chi connectivity index (χ4n) is 3.74. The molecule has 3 amide bonds. The van der Waals surface area contributed by atoms with Crippen LogP contribution < -0.4 is 15.4 Å². The lowest BCUT2D eigenvalue weighted by molar-refractivity contribution is -0.137. The number of hydrogen-bond acceptors (Lipinski definition) is 5. The summed E-state index contributed by atoms with van der Waals surface area (Å²) in [5.74, 6) is -0.249. The number of ether oxygens (including phenoxy) is 1. The van der Waals surface area contributed by atoms with Crippen LogP contribution in [0.1, 0.15) is 25.0 Å². The fourth-order valence-corrected chi connectivity index (χ4v) is 3.74. The van der Waals surface area contributed by atoms with Crippen LogP contribution in [0.4, 0.5) is 11.4 Å². The Hall–Kier alpha value is -4.39. The van der Waals surface area contributed by atoms with E-state index in [0.29, 0.717) is 34.9 Å². The second kappa shape index (κ2) is 10.0. The molecule has 0 saturated carbocycles. The zero-order valence-electron chi connectivity index (χ0n) is 19.0. The second-order valence-electron chi connectivity index (χ2n) is 7.77. The van der Waals surface area contributed by atoms with E-state index in [1.807, 2.05) is 37.3 Å². The molecule has 0 fully saturated rings. The predicted octanol–water partition coefficient (Wildman–Crippen LogP) is 4.44. The summed E-state index contributed by atoms with van der Waals surface area (Å²) in [6.45, 7) is 4.04. The van der Waals surface area contributed by atoms with E-state index in [2.05, 4.69) is 10.6 Å². The lowest BCUT2D eigenvalue weighted by atomic mass is 10.0. The molecule has 7 heteroatoms. The van der Waals surface area contributed by atoms with E-state index < -0.39 is 5.91 Å². The quantitative estimate of drug-likeness (QED) is 0.491. The lowest BCUT2D eigenvalue weighted by Crippen LogP contribution is -2.31. The first-order valence-corrected chi connectivity index (χ1v) is 11.0. The van der Waals surface area contributed by atoms with Crippen LogP contribution in [-0.4, -0.2) is 29.2 Å². The average Bonchev–Trinajstić information content (AvgIpc) is 3.06. The van der Waals surface area contributed by atoms with Gasteiger partial charge in [-0.25, -0.2) is 0 Å². The molecule has 0 aliphatic carbocycles. The number of nitrogens with one attached hydrogen (secondary N) is 2. The van der Waals surface area contributed by atoms with Crippen molar-refractivity contribution in [2.24, 2.45) is 0 Å². The number of carbonyl (C=O) groups is 3. The van der Waals surface area contributed by atoms with Crippen molar-refractivity contribution in [2.45, 2.75) is 20.4 Å². The molecule has 3 aromatic rings. The number of hydrogen-bond donors (Lipinski definition) is 2. The maximum atomic E-state index is 13.4. The third-order valence-electron chi connectivity index (χ3n) is 5.28. The molecule has 1 heterocycles. The van der Waals surface area contributed by atoms with Gasteiger partial charge in [0.05, 0.1) is 18.7 Å². The van der Waals surface area contributed by atoms with Crippen molar-refractivity contribution in [2.75, 3.05) is 17.2 Å². The molecular formula is C27H25N3O4. The third-order valence-corrected chi connectivity index (χ3v) is 5.28. The Balaban J connectivity index is 1.68. The summed E-state index contributed by atoms with van der Waals surface area (Å²) >= 11 is 0. The molecule has 0 atom stereocenters. The van der Waals surface area contributed by atoms with Crippen molar-refractivity contribution >= 4 is 34.7 Å². The summed E-state index contributed by atoms with van der Waals surface area (Å²) in [5, 5.41) is 5.84. The molecule has 0 unspecified atom stereocenters. The average molecular weight is 456 g/mol. The molecule has 1 aliphatic rings. The van der Waals surface area contributed by atoms with E-state index in [9.17, 15) is 14.4 Å². The molecule has 4 rings (SSSR count). The van der Waals surface area contributed by atoms with Gasteiger partial charge < -0.3 is 15.4 Å². The summed E-state index contributed by atoms with van der Waals surface area (Å²) in [7, 11) is 0. The van der Waals surface area contributed by atoms with Gasteiger partial charge in [-0.3, -0.25) is 19.3 Å². The summed E-state index contributed by atoms with van der Waals surface area (Å²) < 4.78 is 5.51. The van der Waals surface area contributed by atoms with E-state index in [4.69, 9.17) is 4.74 Å². The Morgan fingerprint density at radius 1 is 0.853 bits per heavy atom. The predicted molar refractivity (Wildman–Crippen MR) is 131 cm³/mol. The summed E-state index contributed by atoms with van der Waals surface area (Å²) in [4.78, 5) is 39.4. The number of imide groups is 1. The van der Waals surface area contributed by atoms with Crippen LogP contribution in [0.5, 0.6) is 5.75 Å². The van der Waals surface area contributed by atoms with Gasteiger partial charge in [-0.05, 0) is 54.4 Å². The van der Waals surface area contributed by atoms with Crippen LogP contribution in [0.15, 0.2) is 84.6 Å². The van der Waals surface area contributed by atoms with Crippen molar-refractivity contribution in [1.29, 1.82) is 0 Å². The minimum atomic E-state index is -0.399. The third kappa shape index (κ3) is 4.99. The highest BCUT2D eigenvalue weighted by atomic mass is 16.5. The normalized spacial score (nSPS) is 13.3. The van der Waals surface area contributed by atoms with Crippen molar-refractivity contribution in [3.8, 4) is 5.75 Å². The summed E-state index contributed by atoms with van der Waals surface area (Å²) in [6.07, 6.45) is 0. The topological polar surface area (TPSA) is 87.7 Å². The van der Waals surface area contributed by atoms with E-state index >= 15 is 0 Å². The highest BCUT2D eigenvalue weighted by Crippen LogP contribution is 2.32. The number of amides is 3. The minimum Gasteiger partial charge on any atom is -0.494 e. The van der Waals surface area contributed by atoms with Gasteiger partial charge in [-0.2, -0.15) is 0 Å². The van der Waals surface area contributed by atoms with E-state index in [1.165, 1.54) is 11.8 Å². The first-order chi connectivity index (χ1) is 16.5. The highest BCUT2D eigenvalue weighted by molar-refractivity contribution is 6.36.